The van der Waals surface area contributed by atoms with Crippen molar-refractivity contribution in [3.8, 4) is 44.8 Å². The molecule has 1 aliphatic rings. The van der Waals surface area contributed by atoms with E-state index in [1.54, 1.807) is 0 Å². The summed E-state index contributed by atoms with van der Waals surface area (Å²) in [5.41, 5.74) is 20.5. The number of aromatic nitrogens is 2. The largest absolute Gasteiger partial charge is 0.310 e. The van der Waals surface area contributed by atoms with Crippen LogP contribution in [0.5, 0.6) is 0 Å². The smallest absolute Gasteiger partial charge is 0.0548 e. The Bertz CT molecular complexity index is 3800. The zero-order valence-electron chi connectivity index (χ0n) is 36.9. The Hall–Kier alpha value is -8.40. The lowest BCUT2D eigenvalue weighted by atomic mass is 9.82. The Morgan fingerprint density at radius 3 is 1.45 bits per heavy atom. The normalized spacial score (nSPS) is 12.8. The van der Waals surface area contributed by atoms with Crippen molar-refractivity contribution >= 4 is 60.7 Å². The molecule has 66 heavy (non-hydrogen) atoms. The van der Waals surface area contributed by atoms with Gasteiger partial charge in [0.1, 0.15) is 0 Å². The van der Waals surface area contributed by atoms with E-state index in [1.165, 1.54) is 93.8 Å². The molecule has 0 amide bonds. The van der Waals surface area contributed by atoms with Gasteiger partial charge in [-0.1, -0.05) is 166 Å². The van der Waals surface area contributed by atoms with Gasteiger partial charge in [-0.25, -0.2) is 0 Å². The van der Waals surface area contributed by atoms with Gasteiger partial charge in [0.15, 0.2) is 0 Å². The molecule has 0 unspecified atom stereocenters. The maximum Gasteiger partial charge on any atom is 0.0548 e. The fourth-order valence-electron chi connectivity index (χ4n) is 11.0. The van der Waals surface area contributed by atoms with Crippen LogP contribution in [0.15, 0.2) is 237 Å². The van der Waals surface area contributed by atoms with Gasteiger partial charge in [-0.05, 0) is 124 Å². The summed E-state index contributed by atoms with van der Waals surface area (Å²) in [4.78, 5) is 2.45. The number of nitrogens with zero attached hydrogens (tertiary/aromatic N) is 3. The third-order valence-electron chi connectivity index (χ3n) is 14.1. The van der Waals surface area contributed by atoms with Gasteiger partial charge < -0.3 is 14.0 Å². The number of hydrogen-bond acceptors (Lipinski definition) is 1. The van der Waals surface area contributed by atoms with Gasteiger partial charge in [0, 0.05) is 55.3 Å². The lowest BCUT2D eigenvalue weighted by Crippen LogP contribution is -2.16. The van der Waals surface area contributed by atoms with Crippen LogP contribution in [-0.4, -0.2) is 9.13 Å². The topological polar surface area (TPSA) is 13.1 Å². The molecule has 0 saturated carbocycles. The number of rotatable bonds is 7. The Morgan fingerprint density at radius 2 is 0.803 bits per heavy atom. The van der Waals surface area contributed by atoms with E-state index in [0.717, 1.165) is 22.7 Å². The lowest BCUT2D eigenvalue weighted by Gasteiger charge is -2.29. The highest BCUT2D eigenvalue weighted by Crippen LogP contribution is 2.54. The highest BCUT2D eigenvalue weighted by atomic mass is 15.1. The summed E-state index contributed by atoms with van der Waals surface area (Å²) in [5, 5.41) is 4.95. The molecule has 0 N–H and O–H groups in total. The van der Waals surface area contributed by atoms with Gasteiger partial charge in [-0.3, -0.25) is 0 Å². The molecule has 0 aliphatic heterocycles. The van der Waals surface area contributed by atoms with Crippen LogP contribution < -0.4 is 4.90 Å². The van der Waals surface area contributed by atoms with Gasteiger partial charge >= 0.3 is 0 Å². The van der Waals surface area contributed by atoms with Crippen LogP contribution in [0, 0.1) is 0 Å². The molecule has 2 heterocycles. The molecule has 1 aliphatic carbocycles. The van der Waals surface area contributed by atoms with E-state index >= 15 is 0 Å². The third-order valence-corrected chi connectivity index (χ3v) is 14.1. The van der Waals surface area contributed by atoms with E-state index in [-0.39, 0.29) is 5.41 Å². The Morgan fingerprint density at radius 1 is 0.333 bits per heavy atom. The zero-order valence-corrected chi connectivity index (χ0v) is 36.9. The highest BCUT2D eigenvalue weighted by Gasteiger charge is 2.37. The van der Waals surface area contributed by atoms with Crippen molar-refractivity contribution in [1.29, 1.82) is 0 Å². The van der Waals surface area contributed by atoms with E-state index in [0.29, 0.717) is 0 Å². The second-order valence-electron chi connectivity index (χ2n) is 18.1. The van der Waals surface area contributed by atoms with E-state index in [2.05, 4.69) is 264 Å². The monoisotopic (exact) mass is 843 g/mol. The molecule has 0 saturated heterocycles. The minimum atomic E-state index is -0.110. The van der Waals surface area contributed by atoms with Crippen molar-refractivity contribution < 1.29 is 0 Å². The molecule has 0 spiro atoms. The zero-order chi connectivity index (χ0) is 43.9. The van der Waals surface area contributed by atoms with Crippen LogP contribution in [0.2, 0.25) is 0 Å². The fraction of sp³-hybridized carbons (Fsp3) is 0.0476. The van der Waals surface area contributed by atoms with Crippen molar-refractivity contribution in [3.63, 3.8) is 0 Å². The number of benzene rings is 10. The molecule has 0 fully saturated rings. The maximum atomic E-state index is 2.45. The molecule has 10 aromatic carbocycles. The van der Waals surface area contributed by atoms with Crippen LogP contribution in [0.1, 0.15) is 25.0 Å². The lowest BCUT2D eigenvalue weighted by molar-refractivity contribution is 0.660. The Balaban J connectivity index is 0.977. The molecule has 2 aromatic heterocycles. The van der Waals surface area contributed by atoms with E-state index in [9.17, 15) is 0 Å². The number of hydrogen-bond donors (Lipinski definition) is 0. The number of fused-ring (bicyclic) bond motifs is 9. The predicted octanol–water partition coefficient (Wildman–Crippen LogP) is 17.0. The fourth-order valence-corrected chi connectivity index (χ4v) is 11.0. The molecule has 3 heteroatoms. The summed E-state index contributed by atoms with van der Waals surface area (Å²) in [5.74, 6) is 0. The molecule has 0 atom stereocenters. The minimum absolute atomic E-state index is 0.110. The first-order valence-corrected chi connectivity index (χ1v) is 22.9. The van der Waals surface area contributed by atoms with Crippen LogP contribution in [0.4, 0.5) is 17.1 Å². The SMILES string of the molecule is CC1(C)c2ccccc2-c2c(N(c3ccc(-c4ccccc4)cc3)c3ccc(-c4ccc5c(c4)c4cc6c(cc4n5-c4ccccc4)c4ccccc4n6-c4ccccc4)cc3)cccc21. The summed E-state index contributed by atoms with van der Waals surface area (Å²) in [6.07, 6.45) is 0. The van der Waals surface area contributed by atoms with Gasteiger partial charge in [-0.2, -0.15) is 0 Å². The Labute approximate surface area is 384 Å². The predicted molar refractivity (Wildman–Crippen MR) is 278 cm³/mol. The molecule has 312 valence electrons. The van der Waals surface area contributed by atoms with E-state index in [1.807, 2.05) is 0 Å². The van der Waals surface area contributed by atoms with Gasteiger partial charge in [0.05, 0.1) is 27.8 Å². The van der Waals surface area contributed by atoms with Crippen molar-refractivity contribution in [2.45, 2.75) is 19.3 Å². The highest BCUT2D eigenvalue weighted by molar-refractivity contribution is 6.19. The van der Waals surface area contributed by atoms with Crippen molar-refractivity contribution in [2.24, 2.45) is 0 Å². The molecule has 3 nitrogen and oxygen atoms in total. The van der Waals surface area contributed by atoms with Crippen LogP contribution >= 0.6 is 0 Å². The summed E-state index contributed by atoms with van der Waals surface area (Å²) >= 11 is 0. The summed E-state index contributed by atoms with van der Waals surface area (Å²) < 4.78 is 4.85. The van der Waals surface area contributed by atoms with Crippen molar-refractivity contribution in [3.05, 3.63) is 248 Å². The molecule has 0 radical (unpaired) electrons. The molecule has 13 rings (SSSR count). The first-order valence-electron chi connectivity index (χ1n) is 22.9. The molecule has 12 aromatic rings. The summed E-state index contributed by atoms with van der Waals surface area (Å²) in [6, 6.07) is 86.8. The Kier molecular flexibility index (Phi) is 8.56. The number of anilines is 3. The summed E-state index contributed by atoms with van der Waals surface area (Å²) in [7, 11) is 0. The average Bonchev–Trinajstić information content (AvgIpc) is 3.96. The number of para-hydroxylation sites is 3. The second kappa shape index (κ2) is 14.8. The quantitative estimate of drug-likeness (QED) is 0.156. The van der Waals surface area contributed by atoms with Gasteiger partial charge in [0.2, 0.25) is 0 Å². The second-order valence-corrected chi connectivity index (χ2v) is 18.1. The third kappa shape index (κ3) is 5.83. The van der Waals surface area contributed by atoms with Gasteiger partial charge in [0.25, 0.3) is 0 Å². The van der Waals surface area contributed by atoms with Crippen molar-refractivity contribution in [2.75, 3.05) is 4.90 Å². The van der Waals surface area contributed by atoms with E-state index in [4.69, 9.17) is 0 Å². The van der Waals surface area contributed by atoms with Crippen LogP contribution in [0.25, 0.3) is 88.4 Å². The van der Waals surface area contributed by atoms with Crippen molar-refractivity contribution in [1.82, 2.24) is 9.13 Å². The maximum absolute atomic E-state index is 2.45. The first-order chi connectivity index (χ1) is 32.5. The van der Waals surface area contributed by atoms with Crippen LogP contribution in [-0.2, 0) is 5.41 Å². The van der Waals surface area contributed by atoms with E-state index < -0.39 is 0 Å². The molecule has 0 bridgehead atoms. The van der Waals surface area contributed by atoms with Gasteiger partial charge in [-0.15, -0.1) is 0 Å². The van der Waals surface area contributed by atoms with Crippen LogP contribution in [0.3, 0.4) is 0 Å². The standard InChI is InChI=1S/C63H45N3/c1-63(2)55-25-14-12-24-51(55)62-56(63)26-16-28-59(62)64(48-34-29-43(30-35-48)42-17-6-3-7-18-42)49-36-31-44(32-37-49)45-33-38-58-52(39-45)54-41-60-53(40-61(54)66(58)47-21-10-5-11-22-47)50-23-13-15-27-57(50)65(60)46-19-8-4-9-20-46/h3-41H,1-2H3. The molecular formula is C63H45N3. The average molecular weight is 844 g/mol. The molecular weight excluding hydrogens is 799 g/mol. The summed E-state index contributed by atoms with van der Waals surface area (Å²) in [6.45, 7) is 4.71. The first kappa shape index (κ1) is 38.1. The minimum Gasteiger partial charge on any atom is -0.310 e.